The number of halogens is 1. The Morgan fingerprint density at radius 3 is 2.11 bits per heavy atom. The third kappa shape index (κ3) is 6.63. The van der Waals surface area contributed by atoms with E-state index in [1.54, 1.807) is 44.2 Å². The standard InChI is InChI=1S/C29H33FN2O4S/c1-29(2,34)27(21-8-4-3-5-9-21)31-28(33)22-12-16-23(17-13-22)32-37(35,36)24-18-14-20(15-19-24)25-10-6-7-11-26(25)30/h3-11,14-15,18-19,22-23,27,32,34H,12-13,16-17H2,1-2H3,(H,31,33)/t22-,23-,27-/m0/s1. The number of rotatable bonds is 8. The number of amides is 1. The molecular weight excluding hydrogens is 491 g/mol. The zero-order chi connectivity index (χ0) is 26.6. The van der Waals surface area contributed by atoms with Gasteiger partial charge in [0.05, 0.1) is 16.5 Å². The van der Waals surface area contributed by atoms with Gasteiger partial charge in [-0.1, -0.05) is 60.7 Å². The van der Waals surface area contributed by atoms with E-state index in [2.05, 4.69) is 10.0 Å². The number of sulfonamides is 1. The van der Waals surface area contributed by atoms with E-state index in [1.807, 2.05) is 30.3 Å². The van der Waals surface area contributed by atoms with E-state index < -0.39 is 21.7 Å². The highest BCUT2D eigenvalue weighted by Gasteiger charge is 2.34. The highest BCUT2D eigenvalue weighted by Crippen LogP contribution is 2.30. The molecule has 1 aliphatic carbocycles. The molecule has 0 saturated heterocycles. The Labute approximate surface area is 218 Å². The van der Waals surface area contributed by atoms with Crippen LogP contribution in [0.3, 0.4) is 0 Å². The maximum absolute atomic E-state index is 14.1. The normalized spacial score (nSPS) is 19.2. The smallest absolute Gasteiger partial charge is 0.240 e. The third-order valence-electron chi connectivity index (χ3n) is 6.90. The summed E-state index contributed by atoms with van der Waals surface area (Å²) in [6, 6.07) is 21.0. The summed E-state index contributed by atoms with van der Waals surface area (Å²) in [6.07, 6.45) is 2.14. The largest absolute Gasteiger partial charge is 0.388 e. The highest BCUT2D eigenvalue weighted by molar-refractivity contribution is 7.89. The minimum atomic E-state index is -3.76. The summed E-state index contributed by atoms with van der Waals surface area (Å²) >= 11 is 0. The molecule has 8 heteroatoms. The Morgan fingerprint density at radius 1 is 0.919 bits per heavy atom. The second-order valence-corrected chi connectivity index (χ2v) is 11.9. The van der Waals surface area contributed by atoms with Gasteiger partial charge in [-0.2, -0.15) is 0 Å². The lowest BCUT2D eigenvalue weighted by atomic mass is 9.84. The molecule has 1 atom stereocenters. The average molecular weight is 525 g/mol. The third-order valence-corrected chi connectivity index (χ3v) is 8.43. The average Bonchev–Trinajstić information content (AvgIpc) is 2.87. The lowest BCUT2D eigenvalue weighted by molar-refractivity contribution is -0.128. The maximum atomic E-state index is 14.1. The molecule has 1 amide bonds. The molecule has 0 aromatic heterocycles. The summed E-state index contributed by atoms with van der Waals surface area (Å²) in [5.74, 6) is -0.759. The van der Waals surface area contributed by atoms with Crippen molar-refractivity contribution in [2.45, 2.75) is 62.1 Å². The Morgan fingerprint density at radius 2 is 1.51 bits per heavy atom. The molecule has 3 N–H and O–H groups in total. The summed E-state index contributed by atoms with van der Waals surface area (Å²) in [5, 5.41) is 13.6. The van der Waals surface area contributed by atoms with Gasteiger partial charge in [0.25, 0.3) is 0 Å². The van der Waals surface area contributed by atoms with E-state index in [1.165, 1.54) is 18.2 Å². The SMILES string of the molecule is CC(C)(O)[C@@H](NC(=O)[C@H]1CC[C@H](NS(=O)(=O)c2ccc(-c3ccccc3F)cc2)CC1)c1ccccc1. The number of benzene rings is 3. The minimum absolute atomic E-state index is 0.114. The van der Waals surface area contributed by atoms with Crippen LogP contribution in [0.25, 0.3) is 11.1 Å². The van der Waals surface area contributed by atoms with Crippen molar-refractivity contribution in [3.05, 3.63) is 90.2 Å². The van der Waals surface area contributed by atoms with Gasteiger partial charge in [-0.15, -0.1) is 0 Å². The Hall–Kier alpha value is -3.07. The molecule has 0 unspecified atom stereocenters. The molecule has 0 heterocycles. The fourth-order valence-corrected chi connectivity index (χ4v) is 6.15. The molecule has 3 aromatic carbocycles. The molecule has 0 spiro atoms. The van der Waals surface area contributed by atoms with Gasteiger partial charge in [0.2, 0.25) is 15.9 Å². The lowest BCUT2D eigenvalue weighted by Gasteiger charge is -2.34. The van der Waals surface area contributed by atoms with E-state index in [4.69, 9.17) is 0 Å². The molecule has 0 radical (unpaired) electrons. The van der Waals surface area contributed by atoms with Gasteiger partial charge < -0.3 is 10.4 Å². The summed E-state index contributed by atoms with van der Waals surface area (Å²) in [6.45, 7) is 3.33. The molecule has 1 saturated carbocycles. The van der Waals surface area contributed by atoms with Crippen molar-refractivity contribution in [3.8, 4) is 11.1 Å². The molecule has 0 bridgehead atoms. The van der Waals surface area contributed by atoms with E-state index >= 15 is 0 Å². The minimum Gasteiger partial charge on any atom is -0.388 e. The molecule has 196 valence electrons. The van der Waals surface area contributed by atoms with Crippen LogP contribution in [-0.2, 0) is 14.8 Å². The van der Waals surface area contributed by atoms with Gasteiger partial charge in [0, 0.05) is 17.5 Å². The Bertz CT molecular complexity index is 1310. The van der Waals surface area contributed by atoms with Crippen molar-refractivity contribution in [2.75, 3.05) is 0 Å². The number of carbonyl (C=O) groups excluding carboxylic acids is 1. The summed E-state index contributed by atoms with van der Waals surface area (Å²) < 4.78 is 42.7. The highest BCUT2D eigenvalue weighted by atomic mass is 32.2. The topological polar surface area (TPSA) is 95.5 Å². The first-order chi connectivity index (χ1) is 17.5. The van der Waals surface area contributed by atoms with Crippen molar-refractivity contribution in [1.82, 2.24) is 10.0 Å². The molecular formula is C29H33FN2O4S. The number of aliphatic hydroxyl groups is 1. The molecule has 37 heavy (non-hydrogen) atoms. The Kier molecular flexibility index (Phi) is 8.11. The van der Waals surface area contributed by atoms with Gasteiger partial charge >= 0.3 is 0 Å². The molecule has 1 fully saturated rings. The molecule has 4 rings (SSSR count). The first kappa shape index (κ1) is 27.0. The van der Waals surface area contributed by atoms with Crippen molar-refractivity contribution >= 4 is 15.9 Å². The van der Waals surface area contributed by atoms with Gasteiger partial charge in [0.1, 0.15) is 5.82 Å². The first-order valence-corrected chi connectivity index (χ1v) is 14.0. The number of nitrogens with one attached hydrogen (secondary N) is 2. The van der Waals surface area contributed by atoms with Crippen LogP contribution in [0.4, 0.5) is 4.39 Å². The van der Waals surface area contributed by atoms with Crippen LogP contribution >= 0.6 is 0 Å². The van der Waals surface area contributed by atoms with Crippen molar-refractivity contribution in [3.63, 3.8) is 0 Å². The molecule has 0 aliphatic heterocycles. The fraction of sp³-hybridized carbons (Fsp3) is 0.345. The molecule has 6 nitrogen and oxygen atoms in total. The van der Waals surface area contributed by atoms with Crippen molar-refractivity contribution < 1.29 is 22.7 Å². The van der Waals surface area contributed by atoms with E-state index in [9.17, 15) is 22.7 Å². The predicted octanol–water partition coefficient (Wildman–Crippen LogP) is 4.96. The zero-order valence-corrected chi connectivity index (χ0v) is 21.8. The van der Waals surface area contributed by atoms with Crippen LogP contribution in [0, 0.1) is 11.7 Å². The zero-order valence-electron chi connectivity index (χ0n) is 21.0. The van der Waals surface area contributed by atoms with E-state index in [-0.39, 0.29) is 28.6 Å². The monoisotopic (exact) mass is 524 g/mol. The maximum Gasteiger partial charge on any atom is 0.240 e. The second-order valence-electron chi connectivity index (χ2n) is 10.2. The number of hydrogen-bond donors (Lipinski definition) is 3. The molecule has 3 aromatic rings. The lowest BCUT2D eigenvalue weighted by Crippen LogP contribution is -2.46. The summed E-state index contributed by atoms with van der Waals surface area (Å²) in [4.78, 5) is 13.1. The predicted molar refractivity (Wildman–Crippen MR) is 142 cm³/mol. The fourth-order valence-electron chi connectivity index (χ4n) is 4.84. The second kappa shape index (κ2) is 11.1. The van der Waals surface area contributed by atoms with Crippen molar-refractivity contribution in [1.29, 1.82) is 0 Å². The first-order valence-electron chi connectivity index (χ1n) is 12.5. The number of hydrogen-bond acceptors (Lipinski definition) is 4. The van der Waals surface area contributed by atoms with Crippen LogP contribution < -0.4 is 10.0 Å². The van der Waals surface area contributed by atoms with E-state index in [0.29, 0.717) is 36.8 Å². The van der Waals surface area contributed by atoms with Gasteiger partial charge in [-0.3, -0.25) is 4.79 Å². The van der Waals surface area contributed by atoms with Crippen LogP contribution in [0.15, 0.2) is 83.8 Å². The van der Waals surface area contributed by atoms with Gasteiger partial charge in [0.15, 0.2) is 0 Å². The van der Waals surface area contributed by atoms with E-state index in [0.717, 1.165) is 5.56 Å². The van der Waals surface area contributed by atoms with Gasteiger partial charge in [-0.25, -0.2) is 17.5 Å². The Balaban J connectivity index is 1.35. The van der Waals surface area contributed by atoms with Crippen LogP contribution in [0.1, 0.15) is 51.1 Å². The van der Waals surface area contributed by atoms with Crippen LogP contribution in [-0.4, -0.2) is 31.1 Å². The summed E-state index contributed by atoms with van der Waals surface area (Å²) in [7, 11) is -3.76. The molecule has 1 aliphatic rings. The van der Waals surface area contributed by atoms with Crippen LogP contribution in [0.2, 0.25) is 0 Å². The van der Waals surface area contributed by atoms with Crippen molar-refractivity contribution in [2.24, 2.45) is 5.92 Å². The van der Waals surface area contributed by atoms with Gasteiger partial charge in [-0.05, 0) is 68.9 Å². The quantitative estimate of drug-likeness (QED) is 0.388. The van der Waals surface area contributed by atoms with Crippen LogP contribution in [0.5, 0.6) is 0 Å². The summed E-state index contributed by atoms with van der Waals surface area (Å²) in [5.41, 5.74) is 0.690. The number of carbonyl (C=O) groups is 1.